The molecular formula is C19H18O. The molecule has 0 saturated heterocycles. The molecule has 0 atom stereocenters. The Morgan fingerprint density at radius 3 is 2.25 bits per heavy atom. The van der Waals surface area contributed by atoms with Crippen LogP contribution in [0.2, 0.25) is 0 Å². The summed E-state index contributed by atoms with van der Waals surface area (Å²) in [6, 6.07) is 12.3. The number of hydrogen-bond donors (Lipinski definition) is 0. The van der Waals surface area contributed by atoms with Gasteiger partial charge in [0.15, 0.2) is 5.78 Å². The van der Waals surface area contributed by atoms with Crippen molar-refractivity contribution >= 4 is 16.6 Å². The molecule has 0 fully saturated rings. The van der Waals surface area contributed by atoms with Crippen molar-refractivity contribution in [2.75, 3.05) is 0 Å². The van der Waals surface area contributed by atoms with Crippen LogP contribution in [0.25, 0.3) is 10.8 Å². The molecule has 0 saturated carbocycles. The fraction of sp³-hybridized carbons (Fsp3) is 0.211. The van der Waals surface area contributed by atoms with Crippen molar-refractivity contribution in [3.05, 3.63) is 70.8 Å². The zero-order valence-electron chi connectivity index (χ0n) is 12.1. The lowest BCUT2D eigenvalue weighted by atomic mass is 9.89. The van der Waals surface area contributed by atoms with Crippen LogP contribution < -0.4 is 0 Å². The lowest BCUT2D eigenvalue weighted by molar-refractivity contribution is 0.101. The number of allylic oxidation sites excluding steroid dienone is 4. The number of Topliss-reactive ketones (excluding diaryl/α,β-unsaturated/α-hetero) is 1. The quantitative estimate of drug-likeness (QED) is 0.693. The lowest BCUT2D eigenvalue weighted by Gasteiger charge is -2.14. The number of carbonyl (C=O) groups is 1. The number of hydrogen-bond acceptors (Lipinski definition) is 1. The summed E-state index contributed by atoms with van der Waals surface area (Å²) in [4.78, 5) is 12.2. The fourth-order valence-electron chi connectivity index (χ4n) is 2.99. The van der Waals surface area contributed by atoms with Gasteiger partial charge in [0.2, 0.25) is 0 Å². The SMILES string of the molecule is CC(=O)c1c(C2C=C(C)C(C)=C2)ccc2ccccc12. The van der Waals surface area contributed by atoms with E-state index in [0.717, 1.165) is 21.9 Å². The van der Waals surface area contributed by atoms with E-state index in [4.69, 9.17) is 0 Å². The predicted molar refractivity (Wildman–Crippen MR) is 84.2 cm³/mol. The van der Waals surface area contributed by atoms with Gasteiger partial charge >= 0.3 is 0 Å². The third-order valence-corrected chi connectivity index (χ3v) is 4.15. The van der Waals surface area contributed by atoms with Gasteiger partial charge in [0, 0.05) is 11.5 Å². The Hall–Kier alpha value is -2.15. The number of carbonyl (C=O) groups excluding carboxylic acids is 1. The van der Waals surface area contributed by atoms with Crippen molar-refractivity contribution in [2.24, 2.45) is 0 Å². The van der Waals surface area contributed by atoms with Crippen LogP contribution in [-0.4, -0.2) is 5.78 Å². The molecule has 0 spiro atoms. The van der Waals surface area contributed by atoms with Gasteiger partial charge in [0.1, 0.15) is 0 Å². The lowest BCUT2D eigenvalue weighted by Crippen LogP contribution is -2.03. The van der Waals surface area contributed by atoms with Gasteiger partial charge in [0.25, 0.3) is 0 Å². The number of ketones is 1. The maximum absolute atomic E-state index is 12.2. The van der Waals surface area contributed by atoms with Crippen molar-refractivity contribution in [3.63, 3.8) is 0 Å². The highest BCUT2D eigenvalue weighted by Crippen LogP contribution is 2.35. The fourth-order valence-corrected chi connectivity index (χ4v) is 2.99. The van der Waals surface area contributed by atoms with Gasteiger partial charge in [-0.3, -0.25) is 4.79 Å². The molecule has 20 heavy (non-hydrogen) atoms. The molecule has 1 aliphatic rings. The molecular weight excluding hydrogens is 244 g/mol. The smallest absolute Gasteiger partial charge is 0.160 e. The molecule has 0 N–H and O–H groups in total. The summed E-state index contributed by atoms with van der Waals surface area (Å²) >= 11 is 0. The predicted octanol–water partition coefficient (Wildman–Crippen LogP) is 5.03. The van der Waals surface area contributed by atoms with Gasteiger partial charge in [-0.25, -0.2) is 0 Å². The van der Waals surface area contributed by atoms with E-state index in [0.29, 0.717) is 0 Å². The largest absolute Gasteiger partial charge is 0.294 e. The molecule has 0 aromatic heterocycles. The molecule has 2 aromatic carbocycles. The second-order valence-electron chi connectivity index (χ2n) is 5.53. The van der Waals surface area contributed by atoms with Crippen LogP contribution in [0.4, 0.5) is 0 Å². The topological polar surface area (TPSA) is 17.1 Å². The molecule has 0 amide bonds. The van der Waals surface area contributed by atoms with E-state index in [1.54, 1.807) is 6.92 Å². The maximum Gasteiger partial charge on any atom is 0.160 e. The normalized spacial score (nSPS) is 15.3. The van der Waals surface area contributed by atoms with E-state index in [9.17, 15) is 4.79 Å². The van der Waals surface area contributed by atoms with Gasteiger partial charge < -0.3 is 0 Å². The van der Waals surface area contributed by atoms with E-state index < -0.39 is 0 Å². The molecule has 1 aliphatic carbocycles. The summed E-state index contributed by atoms with van der Waals surface area (Å²) in [6.07, 6.45) is 4.48. The molecule has 0 aliphatic heterocycles. The molecule has 2 aromatic rings. The van der Waals surface area contributed by atoms with Crippen molar-refractivity contribution < 1.29 is 4.79 Å². The van der Waals surface area contributed by atoms with E-state index >= 15 is 0 Å². The minimum absolute atomic E-state index is 0.140. The molecule has 1 heteroatoms. The number of fused-ring (bicyclic) bond motifs is 1. The van der Waals surface area contributed by atoms with Crippen molar-refractivity contribution in [2.45, 2.75) is 26.7 Å². The van der Waals surface area contributed by atoms with Gasteiger partial charge in [-0.05, 0) is 37.1 Å². The molecule has 0 heterocycles. The number of benzene rings is 2. The zero-order valence-corrected chi connectivity index (χ0v) is 12.1. The maximum atomic E-state index is 12.2. The summed E-state index contributed by atoms with van der Waals surface area (Å²) in [5.74, 6) is 0.360. The van der Waals surface area contributed by atoms with E-state index in [1.807, 2.05) is 18.2 Å². The Labute approximate surface area is 119 Å². The Morgan fingerprint density at radius 1 is 0.950 bits per heavy atom. The highest BCUT2D eigenvalue weighted by Gasteiger charge is 2.20. The highest BCUT2D eigenvalue weighted by atomic mass is 16.1. The van der Waals surface area contributed by atoms with E-state index in [1.165, 1.54) is 11.1 Å². The Bertz CT molecular complexity index is 744. The first-order valence-electron chi connectivity index (χ1n) is 6.97. The Balaban J connectivity index is 2.27. The average Bonchev–Trinajstić information content (AvgIpc) is 2.77. The molecule has 0 radical (unpaired) electrons. The van der Waals surface area contributed by atoms with Crippen LogP contribution in [0.5, 0.6) is 0 Å². The van der Waals surface area contributed by atoms with Crippen LogP contribution in [0.15, 0.2) is 59.7 Å². The van der Waals surface area contributed by atoms with Crippen molar-refractivity contribution in [1.82, 2.24) is 0 Å². The highest BCUT2D eigenvalue weighted by molar-refractivity contribution is 6.08. The Morgan fingerprint density at radius 2 is 1.60 bits per heavy atom. The zero-order chi connectivity index (χ0) is 14.3. The van der Waals surface area contributed by atoms with Gasteiger partial charge in [-0.2, -0.15) is 0 Å². The van der Waals surface area contributed by atoms with Crippen molar-refractivity contribution in [1.29, 1.82) is 0 Å². The third-order valence-electron chi connectivity index (χ3n) is 4.15. The van der Waals surface area contributed by atoms with E-state index in [-0.39, 0.29) is 11.7 Å². The van der Waals surface area contributed by atoms with Crippen molar-refractivity contribution in [3.8, 4) is 0 Å². The van der Waals surface area contributed by atoms with Gasteiger partial charge in [0.05, 0.1) is 0 Å². The van der Waals surface area contributed by atoms with Gasteiger partial charge in [-0.15, -0.1) is 0 Å². The van der Waals surface area contributed by atoms with Crippen LogP contribution >= 0.6 is 0 Å². The summed E-state index contributed by atoms with van der Waals surface area (Å²) < 4.78 is 0. The average molecular weight is 262 g/mol. The molecule has 0 bridgehead atoms. The van der Waals surface area contributed by atoms with Crippen LogP contribution in [0, 0.1) is 0 Å². The second-order valence-corrected chi connectivity index (χ2v) is 5.53. The standard InChI is InChI=1S/C19H18O/c1-12-10-16(11-13(12)2)18-9-8-15-6-4-5-7-17(15)19(18)14(3)20/h4-11,16H,1-3H3. The van der Waals surface area contributed by atoms with Gasteiger partial charge in [-0.1, -0.05) is 59.7 Å². The summed E-state index contributed by atoms with van der Waals surface area (Å²) in [5.41, 5.74) is 4.59. The summed E-state index contributed by atoms with van der Waals surface area (Å²) in [7, 11) is 0. The minimum atomic E-state index is 0.140. The number of rotatable bonds is 2. The summed E-state index contributed by atoms with van der Waals surface area (Å²) in [6.45, 7) is 5.91. The van der Waals surface area contributed by atoms with Crippen LogP contribution in [0.1, 0.15) is 42.6 Å². The molecule has 0 unspecified atom stereocenters. The second kappa shape index (κ2) is 4.75. The van der Waals surface area contributed by atoms with Crippen LogP contribution in [0.3, 0.4) is 0 Å². The third kappa shape index (κ3) is 2.00. The molecule has 3 rings (SSSR count). The first-order chi connectivity index (χ1) is 9.58. The Kier molecular flexibility index (Phi) is 3.06. The first-order valence-corrected chi connectivity index (χ1v) is 6.97. The van der Waals surface area contributed by atoms with E-state index in [2.05, 4.69) is 44.2 Å². The van der Waals surface area contributed by atoms with Crippen LogP contribution in [-0.2, 0) is 0 Å². The molecule has 100 valence electrons. The monoisotopic (exact) mass is 262 g/mol. The minimum Gasteiger partial charge on any atom is -0.294 e. The summed E-state index contributed by atoms with van der Waals surface area (Å²) in [5, 5.41) is 2.18. The molecule has 1 nitrogen and oxygen atoms in total. The first kappa shape index (κ1) is 12.9.